The Labute approximate surface area is 195 Å². The van der Waals surface area contributed by atoms with Crippen LogP contribution in [-0.4, -0.2) is 30.1 Å². The van der Waals surface area contributed by atoms with Gasteiger partial charge in [-0.05, 0) is 42.5 Å². The maximum atomic E-state index is 13.5. The number of halogens is 1. The lowest BCUT2D eigenvalue weighted by molar-refractivity contribution is -0.123. The molecule has 0 aliphatic carbocycles. The predicted octanol–water partition coefficient (Wildman–Crippen LogP) is 5.02. The molecule has 1 amide bonds. The van der Waals surface area contributed by atoms with Crippen molar-refractivity contribution in [3.05, 3.63) is 78.9 Å². The van der Waals surface area contributed by atoms with E-state index in [1.807, 2.05) is 43.5 Å². The zero-order valence-corrected chi connectivity index (χ0v) is 19.0. The monoisotopic (exact) mass is 458 g/mol. The van der Waals surface area contributed by atoms with Crippen molar-refractivity contribution in [3.8, 4) is 22.6 Å². The highest BCUT2D eigenvalue weighted by atomic mass is 19.1. The van der Waals surface area contributed by atoms with Crippen LogP contribution in [-0.2, 0) is 11.3 Å². The van der Waals surface area contributed by atoms with Gasteiger partial charge in [0.25, 0.3) is 0 Å². The van der Waals surface area contributed by atoms with Gasteiger partial charge in [-0.15, -0.1) is 0 Å². The van der Waals surface area contributed by atoms with Gasteiger partial charge in [0.15, 0.2) is 11.5 Å². The van der Waals surface area contributed by atoms with Gasteiger partial charge in [0.1, 0.15) is 11.5 Å². The molecule has 0 saturated carbocycles. The number of hydrogen-bond donors (Lipinski definition) is 1. The van der Waals surface area contributed by atoms with Gasteiger partial charge < -0.3 is 14.3 Å². The largest absolute Gasteiger partial charge is 0.472 e. The first-order chi connectivity index (χ1) is 16.3. The average Bonchev–Trinajstić information content (AvgIpc) is 3.53. The Balaban J connectivity index is 1.58. The number of rotatable bonds is 5. The van der Waals surface area contributed by atoms with Crippen LogP contribution in [0.3, 0.4) is 0 Å². The zero-order valence-electron chi connectivity index (χ0n) is 19.0. The van der Waals surface area contributed by atoms with Crippen molar-refractivity contribution in [3.63, 3.8) is 0 Å². The van der Waals surface area contributed by atoms with Crippen LogP contribution < -0.4 is 5.32 Å². The van der Waals surface area contributed by atoms with Crippen LogP contribution in [0, 0.1) is 11.2 Å². The number of imidazole rings is 2. The molecule has 34 heavy (non-hydrogen) atoms. The third-order valence-electron chi connectivity index (χ3n) is 5.37. The quantitative estimate of drug-likeness (QED) is 0.399. The summed E-state index contributed by atoms with van der Waals surface area (Å²) in [6.07, 6.45) is 6.71. The van der Waals surface area contributed by atoms with Crippen molar-refractivity contribution in [2.75, 3.05) is 5.32 Å². The van der Waals surface area contributed by atoms with Gasteiger partial charge in [-0.3, -0.25) is 4.79 Å². The molecule has 0 radical (unpaired) electrons. The van der Waals surface area contributed by atoms with Crippen molar-refractivity contribution in [1.29, 1.82) is 0 Å². The van der Waals surface area contributed by atoms with Gasteiger partial charge in [-0.2, -0.15) is 5.10 Å². The lowest BCUT2D eigenvalue weighted by atomic mass is 9.96. The molecule has 172 valence electrons. The Kier molecular flexibility index (Phi) is 5.24. The molecule has 5 rings (SSSR count). The Morgan fingerprint density at radius 2 is 1.91 bits per heavy atom. The van der Waals surface area contributed by atoms with Crippen LogP contribution in [0.1, 0.15) is 26.3 Å². The molecule has 0 aliphatic heterocycles. The van der Waals surface area contributed by atoms with E-state index in [2.05, 4.69) is 15.3 Å². The summed E-state index contributed by atoms with van der Waals surface area (Å²) in [4.78, 5) is 21.4. The maximum absolute atomic E-state index is 13.5. The number of amides is 1. The molecule has 0 spiro atoms. The molecular weight excluding hydrogens is 435 g/mol. The normalized spacial score (nSPS) is 11.8. The number of carbonyl (C=O) groups excluding carboxylic acids is 1. The van der Waals surface area contributed by atoms with Crippen LogP contribution in [0.15, 0.2) is 71.9 Å². The van der Waals surface area contributed by atoms with Crippen LogP contribution in [0.2, 0.25) is 0 Å². The Morgan fingerprint density at radius 1 is 1.12 bits per heavy atom. The fraction of sp³-hybridized carbons (Fsp3) is 0.200. The summed E-state index contributed by atoms with van der Waals surface area (Å²) < 4.78 is 22.3. The van der Waals surface area contributed by atoms with E-state index in [9.17, 15) is 9.18 Å². The highest BCUT2D eigenvalue weighted by Crippen LogP contribution is 2.31. The Morgan fingerprint density at radius 3 is 2.62 bits per heavy atom. The topological polar surface area (TPSA) is 90.2 Å². The van der Waals surface area contributed by atoms with E-state index in [0.29, 0.717) is 29.4 Å². The molecule has 0 aliphatic rings. The number of nitrogens with zero attached hydrogens (tertiary/aromatic N) is 5. The van der Waals surface area contributed by atoms with Gasteiger partial charge >= 0.3 is 0 Å². The van der Waals surface area contributed by atoms with E-state index >= 15 is 0 Å². The Bertz CT molecular complexity index is 1460. The first kappa shape index (κ1) is 21.6. The van der Waals surface area contributed by atoms with E-state index in [1.54, 1.807) is 41.7 Å². The van der Waals surface area contributed by atoms with Crippen LogP contribution in [0.4, 0.5) is 10.2 Å². The first-order valence-electron chi connectivity index (χ1n) is 10.8. The zero-order chi connectivity index (χ0) is 23.9. The van der Waals surface area contributed by atoms with Gasteiger partial charge in [0, 0.05) is 16.5 Å². The third kappa shape index (κ3) is 4.19. The minimum Gasteiger partial charge on any atom is -0.472 e. The van der Waals surface area contributed by atoms with Crippen molar-refractivity contribution in [2.24, 2.45) is 5.41 Å². The molecule has 0 atom stereocenters. The van der Waals surface area contributed by atoms with E-state index < -0.39 is 5.41 Å². The number of aromatic nitrogens is 5. The van der Waals surface area contributed by atoms with E-state index in [-0.39, 0.29) is 11.7 Å². The summed E-state index contributed by atoms with van der Waals surface area (Å²) in [5.74, 6) is -0.0194. The number of hydrogen-bond acceptors (Lipinski definition) is 5. The lowest BCUT2D eigenvalue weighted by Crippen LogP contribution is -2.27. The third-order valence-corrected chi connectivity index (χ3v) is 5.37. The number of carbonyl (C=O) groups is 1. The lowest BCUT2D eigenvalue weighted by Gasteiger charge is -2.15. The second-order valence-corrected chi connectivity index (χ2v) is 9.06. The average molecular weight is 458 g/mol. The van der Waals surface area contributed by atoms with Crippen molar-refractivity contribution >= 4 is 17.4 Å². The van der Waals surface area contributed by atoms with Gasteiger partial charge in [-0.25, -0.2) is 18.9 Å². The summed E-state index contributed by atoms with van der Waals surface area (Å²) in [5, 5.41) is 7.58. The number of anilines is 1. The summed E-state index contributed by atoms with van der Waals surface area (Å²) in [7, 11) is 0. The summed E-state index contributed by atoms with van der Waals surface area (Å²) in [6.45, 7) is 6.04. The maximum Gasteiger partial charge on any atom is 0.230 e. The fourth-order valence-corrected chi connectivity index (χ4v) is 3.54. The van der Waals surface area contributed by atoms with Crippen molar-refractivity contribution in [1.82, 2.24) is 24.1 Å². The van der Waals surface area contributed by atoms with E-state index in [4.69, 9.17) is 9.52 Å². The molecule has 0 unspecified atom stereocenters. The first-order valence-corrected chi connectivity index (χ1v) is 10.8. The standard InChI is InChI=1S/C25H23FN6O2/c1-25(2,3)24(33)29-20-13-32-21(28-20)9-8-19(30-32)23-22(17-4-6-18(26)7-5-17)27-15-31(23)12-16-10-11-34-14-16/h4-11,13-15H,12H2,1-3H3,(H,29,33). The van der Waals surface area contributed by atoms with Crippen molar-refractivity contribution in [2.45, 2.75) is 27.3 Å². The second-order valence-electron chi connectivity index (χ2n) is 9.06. The molecule has 8 nitrogen and oxygen atoms in total. The van der Waals surface area contributed by atoms with Gasteiger partial charge in [-0.1, -0.05) is 20.8 Å². The molecule has 1 N–H and O–H groups in total. The van der Waals surface area contributed by atoms with Gasteiger partial charge in [0.05, 0.1) is 43.0 Å². The molecular formula is C25H23FN6O2. The molecule has 0 saturated heterocycles. The highest BCUT2D eigenvalue weighted by Gasteiger charge is 2.23. The molecule has 9 heteroatoms. The van der Waals surface area contributed by atoms with Crippen LogP contribution in [0.5, 0.6) is 0 Å². The van der Waals surface area contributed by atoms with E-state index in [0.717, 1.165) is 16.8 Å². The van der Waals surface area contributed by atoms with Crippen LogP contribution in [0.25, 0.3) is 28.3 Å². The highest BCUT2D eigenvalue weighted by molar-refractivity contribution is 5.93. The number of nitrogens with one attached hydrogen (secondary N) is 1. The molecule has 4 aromatic heterocycles. The minimum absolute atomic E-state index is 0.132. The predicted molar refractivity (Wildman–Crippen MR) is 125 cm³/mol. The number of fused-ring (bicyclic) bond motifs is 1. The molecule has 4 heterocycles. The minimum atomic E-state index is -0.544. The number of furan rings is 1. The Hall–Kier alpha value is -4.27. The summed E-state index contributed by atoms with van der Waals surface area (Å²) in [5.41, 5.74) is 3.89. The van der Waals surface area contributed by atoms with Crippen molar-refractivity contribution < 1.29 is 13.6 Å². The summed E-state index contributed by atoms with van der Waals surface area (Å²) >= 11 is 0. The summed E-state index contributed by atoms with van der Waals surface area (Å²) in [6, 6.07) is 11.8. The second kappa shape index (κ2) is 8.26. The SMILES string of the molecule is CC(C)(C)C(=O)Nc1cn2nc(-c3c(-c4ccc(F)cc4)ncn3Cc3ccoc3)ccc2n1. The number of benzene rings is 1. The molecule has 5 aromatic rings. The molecule has 0 bridgehead atoms. The smallest absolute Gasteiger partial charge is 0.230 e. The molecule has 1 aromatic carbocycles. The van der Waals surface area contributed by atoms with Crippen LogP contribution >= 0.6 is 0 Å². The van der Waals surface area contributed by atoms with E-state index in [1.165, 1.54) is 12.1 Å². The molecule has 0 fully saturated rings. The fourth-order valence-electron chi connectivity index (χ4n) is 3.54. The van der Waals surface area contributed by atoms with Gasteiger partial charge in [0.2, 0.25) is 5.91 Å².